The van der Waals surface area contributed by atoms with E-state index in [1.165, 1.54) is 0 Å². The highest BCUT2D eigenvalue weighted by molar-refractivity contribution is 14.0. The molecule has 28 heavy (non-hydrogen) atoms. The van der Waals surface area contributed by atoms with Crippen LogP contribution in [0.2, 0.25) is 0 Å². The summed E-state index contributed by atoms with van der Waals surface area (Å²) >= 11 is 0. The average Bonchev–Trinajstić information content (AvgIpc) is 2.73. The molecule has 0 spiro atoms. The van der Waals surface area contributed by atoms with Crippen molar-refractivity contribution in [2.45, 2.75) is 6.54 Å². The summed E-state index contributed by atoms with van der Waals surface area (Å²) in [5.41, 5.74) is 7.18. The third-order valence-electron chi connectivity index (χ3n) is 4.50. The number of rotatable bonds is 5. The standard InChI is InChI=1S/C19H25N7O.HI/c1-24(15-16-6-3-2-4-7-16)17(27)14-23-18(20)25-10-12-26(13-11-25)19-21-8-5-9-22-19;/h2-9H,10-15H2,1H3,(H2,20,23);1H. The molecule has 3 rings (SSSR count). The van der Waals surface area contributed by atoms with E-state index >= 15 is 0 Å². The van der Waals surface area contributed by atoms with Crippen LogP contribution in [0.25, 0.3) is 0 Å². The number of hydrogen-bond donors (Lipinski definition) is 1. The third kappa shape index (κ3) is 6.04. The summed E-state index contributed by atoms with van der Waals surface area (Å²) in [6, 6.07) is 11.7. The molecule has 8 nitrogen and oxygen atoms in total. The number of aliphatic imine (C=N–C) groups is 1. The summed E-state index contributed by atoms with van der Waals surface area (Å²) in [6.45, 7) is 3.59. The molecule has 150 valence electrons. The summed E-state index contributed by atoms with van der Waals surface area (Å²) < 4.78 is 0. The van der Waals surface area contributed by atoms with Gasteiger partial charge < -0.3 is 20.4 Å². The van der Waals surface area contributed by atoms with Crippen molar-refractivity contribution in [3.8, 4) is 0 Å². The van der Waals surface area contributed by atoms with Gasteiger partial charge in [0.2, 0.25) is 11.9 Å². The lowest BCUT2D eigenvalue weighted by Crippen LogP contribution is -2.51. The lowest BCUT2D eigenvalue weighted by Gasteiger charge is -2.35. The molecule has 1 fully saturated rings. The number of piperazine rings is 1. The van der Waals surface area contributed by atoms with Crippen LogP contribution in [0.4, 0.5) is 5.95 Å². The van der Waals surface area contributed by atoms with Crippen molar-refractivity contribution in [2.75, 3.05) is 44.7 Å². The molecule has 2 heterocycles. The molecule has 1 aromatic heterocycles. The quantitative estimate of drug-likeness (QED) is 0.381. The van der Waals surface area contributed by atoms with Crippen molar-refractivity contribution in [1.29, 1.82) is 0 Å². The van der Waals surface area contributed by atoms with E-state index < -0.39 is 0 Å². The number of nitrogens with two attached hydrogens (primary N) is 1. The molecule has 1 aromatic carbocycles. The zero-order valence-corrected chi connectivity index (χ0v) is 18.3. The van der Waals surface area contributed by atoms with Gasteiger partial charge in [-0.05, 0) is 11.6 Å². The predicted octanol–water partition coefficient (Wildman–Crippen LogP) is 1.19. The SMILES string of the molecule is CN(Cc1ccccc1)C(=O)CN=C(N)N1CCN(c2ncccn2)CC1.I. The Morgan fingerprint density at radius 1 is 1.11 bits per heavy atom. The van der Waals surface area contributed by atoms with Gasteiger partial charge in [-0.1, -0.05) is 30.3 Å². The topological polar surface area (TPSA) is 91.0 Å². The smallest absolute Gasteiger partial charge is 0.244 e. The van der Waals surface area contributed by atoms with Crippen LogP contribution in [0.5, 0.6) is 0 Å². The minimum absolute atomic E-state index is 0. The summed E-state index contributed by atoms with van der Waals surface area (Å²) in [7, 11) is 1.78. The van der Waals surface area contributed by atoms with Crippen LogP contribution < -0.4 is 10.6 Å². The second kappa shape index (κ2) is 10.8. The number of anilines is 1. The normalized spacial score (nSPS) is 14.4. The van der Waals surface area contributed by atoms with E-state index in [0.29, 0.717) is 12.5 Å². The van der Waals surface area contributed by atoms with Gasteiger partial charge in [0.25, 0.3) is 0 Å². The van der Waals surface area contributed by atoms with E-state index in [1.54, 1.807) is 30.4 Å². The number of aromatic nitrogens is 2. The van der Waals surface area contributed by atoms with Gasteiger partial charge in [0, 0.05) is 52.2 Å². The Morgan fingerprint density at radius 3 is 2.39 bits per heavy atom. The number of benzene rings is 1. The largest absolute Gasteiger partial charge is 0.370 e. The summed E-state index contributed by atoms with van der Waals surface area (Å²) in [5, 5.41) is 0. The molecule has 9 heteroatoms. The maximum atomic E-state index is 12.3. The van der Waals surface area contributed by atoms with Gasteiger partial charge >= 0.3 is 0 Å². The van der Waals surface area contributed by atoms with Gasteiger partial charge in [-0.15, -0.1) is 24.0 Å². The summed E-state index contributed by atoms with van der Waals surface area (Å²) in [5.74, 6) is 1.08. The van der Waals surface area contributed by atoms with Crippen molar-refractivity contribution in [3.05, 3.63) is 54.4 Å². The van der Waals surface area contributed by atoms with E-state index in [-0.39, 0.29) is 36.4 Å². The number of guanidine groups is 1. The van der Waals surface area contributed by atoms with Crippen LogP contribution in [0.3, 0.4) is 0 Å². The Morgan fingerprint density at radius 2 is 1.75 bits per heavy atom. The predicted molar refractivity (Wildman–Crippen MR) is 121 cm³/mol. The van der Waals surface area contributed by atoms with Crippen LogP contribution in [0.15, 0.2) is 53.8 Å². The third-order valence-corrected chi connectivity index (χ3v) is 4.50. The van der Waals surface area contributed by atoms with E-state index in [1.807, 2.05) is 35.2 Å². The highest BCUT2D eigenvalue weighted by atomic mass is 127. The number of hydrogen-bond acceptors (Lipinski definition) is 5. The Balaban J connectivity index is 0.00000280. The lowest BCUT2D eigenvalue weighted by molar-refractivity contribution is -0.128. The fourth-order valence-electron chi connectivity index (χ4n) is 2.90. The second-order valence-electron chi connectivity index (χ2n) is 6.43. The van der Waals surface area contributed by atoms with E-state index in [0.717, 1.165) is 37.7 Å². The maximum absolute atomic E-state index is 12.3. The lowest BCUT2D eigenvalue weighted by atomic mass is 10.2. The fraction of sp³-hybridized carbons (Fsp3) is 0.368. The Hall–Kier alpha value is -2.43. The number of amides is 1. The zero-order valence-electron chi connectivity index (χ0n) is 15.9. The summed E-state index contributed by atoms with van der Waals surface area (Å²) in [6.07, 6.45) is 3.48. The number of nitrogens with zero attached hydrogens (tertiary/aromatic N) is 6. The molecule has 0 radical (unpaired) electrons. The molecule has 0 saturated carbocycles. The Kier molecular flexibility index (Phi) is 8.42. The van der Waals surface area contributed by atoms with Crippen LogP contribution in [-0.2, 0) is 11.3 Å². The first-order valence-corrected chi connectivity index (χ1v) is 8.98. The molecule has 2 aromatic rings. The van der Waals surface area contributed by atoms with Gasteiger partial charge in [0.15, 0.2) is 5.96 Å². The Bertz CT molecular complexity index is 764. The van der Waals surface area contributed by atoms with Gasteiger partial charge in [0.1, 0.15) is 6.54 Å². The minimum atomic E-state index is -0.0573. The molecule has 1 aliphatic rings. The van der Waals surface area contributed by atoms with Crippen LogP contribution in [-0.4, -0.2) is 71.4 Å². The maximum Gasteiger partial charge on any atom is 0.244 e. The van der Waals surface area contributed by atoms with Crippen molar-refractivity contribution in [3.63, 3.8) is 0 Å². The molecule has 0 unspecified atom stereocenters. The first-order chi connectivity index (χ1) is 13.1. The van der Waals surface area contributed by atoms with Crippen LogP contribution in [0.1, 0.15) is 5.56 Å². The first-order valence-electron chi connectivity index (χ1n) is 8.98. The Labute approximate surface area is 182 Å². The van der Waals surface area contributed by atoms with Crippen LogP contribution >= 0.6 is 24.0 Å². The zero-order chi connectivity index (χ0) is 19.1. The van der Waals surface area contributed by atoms with Crippen molar-refractivity contribution >= 4 is 41.8 Å². The van der Waals surface area contributed by atoms with Crippen LogP contribution in [0, 0.1) is 0 Å². The highest BCUT2D eigenvalue weighted by Crippen LogP contribution is 2.09. The molecule has 2 N–H and O–H groups in total. The van der Waals surface area contributed by atoms with Gasteiger partial charge in [-0.2, -0.15) is 0 Å². The van der Waals surface area contributed by atoms with Gasteiger partial charge in [-0.25, -0.2) is 15.0 Å². The molecule has 0 aliphatic carbocycles. The monoisotopic (exact) mass is 495 g/mol. The van der Waals surface area contributed by atoms with Crippen molar-refractivity contribution in [2.24, 2.45) is 10.7 Å². The second-order valence-corrected chi connectivity index (χ2v) is 6.43. The molecule has 0 atom stereocenters. The number of carbonyl (C=O) groups is 1. The van der Waals surface area contributed by atoms with E-state index in [9.17, 15) is 4.79 Å². The van der Waals surface area contributed by atoms with Gasteiger partial charge in [0.05, 0.1) is 0 Å². The highest BCUT2D eigenvalue weighted by Gasteiger charge is 2.20. The number of halogens is 1. The number of carbonyl (C=O) groups excluding carboxylic acids is 1. The fourth-order valence-corrected chi connectivity index (χ4v) is 2.90. The molecular formula is C19H26IN7O. The molecule has 1 aliphatic heterocycles. The molecule has 0 bridgehead atoms. The molecule has 1 amide bonds. The van der Waals surface area contributed by atoms with Crippen molar-refractivity contribution in [1.82, 2.24) is 19.8 Å². The average molecular weight is 495 g/mol. The summed E-state index contributed by atoms with van der Waals surface area (Å²) in [4.78, 5) is 30.9. The molecule has 1 saturated heterocycles. The minimum Gasteiger partial charge on any atom is -0.370 e. The van der Waals surface area contributed by atoms with E-state index in [2.05, 4.69) is 19.9 Å². The van der Waals surface area contributed by atoms with E-state index in [4.69, 9.17) is 5.73 Å². The van der Waals surface area contributed by atoms with Gasteiger partial charge in [-0.3, -0.25) is 4.79 Å². The molecular weight excluding hydrogens is 469 g/mol. The number of likely N-dealkylation sites (N-methyl/N-ethyl adjacent to an activating group) is 1. The first kappa shape index (κ1) is 21.9. The van der Waals surface area contributed by atoms with Crippen molar-refractivity contribution < 1.29 is 4.79 Å².